The Morgan fingerprint density at radius 2 is 1.95 bits per heavy atom. The third-order valence-corrected chi connectivity index (χ3v) is 3.50. The highest BCUT2D eigenvalue weighted by atomic mass is 32.2. The van der Waals surface area contributed by atoms with E-state index in [1.807, 2.05) is 0 Å². The van der Waals surface area contributed by atoms with E-state index in [2.05, 4.69) is 10.3 Å². The minimum absolute atomic E-state index is 0.0190. The lowest BCUT2D eigenvalue weighted by molar-refractivity contribution is -0.141. The minimum atomic E-state index is -3.27. The summed E-state index contributed by atoms with van der Waals surface area (Å²) in [6.07, 6.45) is 3.94. The summed E-state index contributed by atoms with van der Waals surface area (Å²) in [6, 6.07) is 2.08. The average molecular weight is 300 g/mol. The van der Waals surface area contributed by atoms with Gasteiger partial charge in [0.2, 0.25) is 5.91 Å². The first-order valence-corrected chi connectivity index (χ1v) is 7.93. The third-order valence-electron chi connectivity index (χ3n) is 2.52. The largest absolute Gasteiger partial charge is 0.480 e. The number of nitrogens with one attached hydrogen (secondary N) is 1. The van der Waals surface area contributed by atoms with E-state index in [1.54, 1.807) is 12.1 Å². The van der Waals surface area contributed by atoms with Gasteiger partial charge in [0.25, 0.3) is 0 Å². The van der Waals surface area contributed by atoms with Crippen LogP contribution in [0.15, 0.2) is 24.5 Å². The zero-order valence-corrected chi connectivity index (χ0v) is 11.8. The second-order valence-corrected chi connectivity index (χ2v) is 6.67. The molecule has 8 heteroatoms. The normalized spacial score (nSPS) is 12.7. The van der Waals surface area contributed by atoms with E-state index in [1.165, 1.54) is 12.4 Å². The lowest BCUT2D eigenvalue weighted by Crippen LogP contribution is -2.42. The number of carboxylic acid groups (broad SMARTS) is 1. The van der Waals surface area contributed by atoms with Gasteiger partial charge in [0.15, 0.2) is 0 Å². The van der Waals surface area contributed by atoms with Gasteiger partial charge in [-0.3, -0.25) is 9.78 Å². The van der Waals surface area contributed by atoms with Crippen LogP contribution in [0.5, 0.6) is 0 Å². The Labute approximate surface area is 116 Å². The Hall–Kier alpha value is -1.96. The Kier molecular flexibility index (Phi) is 5.63. The molecule has 20 heavy (non-hydrogen) atoms. The first kappa shape index (κ1) is 16.1. The number of carboxylic acids is 1. The van der Waals surface area contributed by atoms with Crippen molar-refractivity contribution in [2.45, 2.75) is 18.9 Å². The quantitative estimate of drug-likeness (QED) is 0.710. The van der Waals surface area contributed by atoms with Gasteiger partial charge in [0, 0.05) is 18.6 Å². The monoisotopic (exact) mass is 300 g/mol. The number of amides is 1. The number of sulfone groups is 1. The first-order chi connectivity index (χ1) is 9.28. The van der Waals surface area contributed by atoms with Gasteiger partial charge in [-0.1, -0.05) is 0 Å². The molecule has 110 valence electrons. The summed E-state index contributed by atoms with van der Waals surface area (Å²) < 4.78 is 22.0. The van der Waals surface area contributed by atoms with Gasteiger partial charge < -0.3 is 10.4 Å². The van der Waals surface area contributed by atoms with Crippen molar-refractivity contribution in [2.75, 3.05) is 12.0 Å². The Bertz CT molecular complexity index is 571. The Balaban J connectivity index is 2.57. The smallest absolute Gasteiger partial charge is 0.326 e. The number of aromatic nitrogens is 1. The van der Waals surface area contributed by atoms with Gasteiger partial charge >= 0.3 is 5.97 Å². The van der Waals surface area contributed by atoms with Crippen LogP contribution in [0, 0.1) is 0 Å². The molecule has 0 saturated heterocycles. The molecular formula is C12H16N2O5S. The van der Waals surface area contributed by atoms with E-state index < -0.39 is 27.8 Å². The molecule has 1 unspecified atom stereocenters. The predicted molar refractivity (Wildman–Crippen MR) is 71.8 cm³/mol. The molecule has 1 atom stereocenters. The molecule has 0 bridgehead atoms. The van der Waals surface area contributed by atoms with Crippen molar-refractivity contribution in [1.29, 1.82) is 0 Å². The van der Waals surface area contributed by atoms with Crippen molar-refractivity contribution in [3.05, 3.63) is 30.1 Å². The number of nitrogens with zero attached hydrogens (tertiary/aromatic N) is 1. The highest BCUT2D eigenvalue weighted by Crippen LogP contribution is 2.01. The summed E-state index contributed by atoms with van der Waals surface area (Å²) in [6.45, 7) is 0. The minimum Gasteiger partial charge on any atom is -0.480 e. The summed E-state index contributed by atoms with van der Waals surface area (Å²) in [5.74, 6) is -2.02. The summed E-state index contributed by atoms with van der Waals surface area (Å²) in [7, 11) is -3.27. The van der Waals surface area contributed by atoms with Gasteiger partial charge in [0.1, 0.15) is 15.9 Å². The maximum Gasteiger partial charge on any atom is 0.326 e. The van der Waals surface area contributed by atoms with E-state index >= 15 is 0 Å². The highest BCUT2D eigenvalue weighted by Gasteiger charge is 2.21. The van der Waals surface area contributed by atoms with Gasteiger partial charge in [-0.2, -0.15) is 0 Å². The molecule has 0 aromatic carbocycles. The summed E-state index contributed by atoms with van der Waals surface area (Å²) in [5, 5.41) is 11.3. The van der Waals surface area contributed by atoms with E-state index in [0.717, 1.165) is 6.26 Å². The zero-order chi connectivity index (χ0) is 15.2. The number of aliphatic carboxylic acids is 1. The molecule has 0 aliphatic heterocycles. The van der Waals surface area contributed by atoms with Crippen molar-refractivity contribution < 1.29 is 23.1 Å². The Morgan fingerprint density at radius 1 is 1.35 bits per heavy atom. The molecule has 1 aromatic heterocycles. The molecule has 7 nitrogen and oxygen atoms in total. The molecule has 1 heterocycles. The van der Waals surface area contributed by atoms with Crippen LogP contribution in [0.4, 0.5) is 0 Å². The molecule has 0 saturated carbocycles. The first-order valence-electron chi connectivity index (χ1n) is 5.87. The van der Waals surface area contributed by atoms with Gasteiger partial charge in [-0.15, -0.1) is 0 Å². The second-order valence-electron chi connectivity index (χ2n) is 4.41. The van der Waals surface area contributed by atoms with E-state index in [9.17, 15) is 18.0 Å². The van der Waals surface area contributed by atoms with Gasteiger partial charge in [-0.05, 0) is 24.1 Å². The molecule has 0 radical (unpaired) electrons. The number of pyridine rings is 1. The fourth-order valence-corrected chi connectivity index (χ4v) is 2.18. The van der Waals surface area contributed by atoms with Crippen LogP contribution >= 0.6 is 0 Å². The van der Waals surface area contributed by atoms with Crippen LogP contribution in [0.2, 0.25) is 0 Å². The van der Waals surface area contributed by atoms with Crippen LogP contribution in [0.1, 0.15) is 12.0 Å². The van der Waals surface area contributed by atoms with Crippen LogP contribution < -0.4 is 5.32 Å². The molecule has 1 rings (SSSR count). The van der Waals surface area contributed by atoms with Crippen molar-refractivity contribution in [1.82, 2.24) is 10.3 Å². The van der Waals surface area contributed by atoms with E-state index in [4.69, 9.17) is 5.11 Å². The van der Waals surface area contributed by atoms with Gasteiger partial charge in [0.05, 0.1) is 12.2 Å². The fourth-order valence-electron chi connectivity index (χ4n) is 1.52. The van der Waals surface area contributed by atoms with Gasteiger partial charge in [-0.25, -0.2) is 13.2 Å². The number of carbonyl (C=O) groups is 2. The lowest BCUT2D eigenvalue weighted by atomic mass is 10.1. The number of hydrogen-bond donors (Lipinski definition) is 2. The fraction of sp³-hybridized carbons (Fsp3) is 0.417. The van der Waals surface area contributed by atoms with Crippen LogP contribution in [-0.2, 0) is 25.8 Å². The summed E-state index contributed by atoms with van der Waals surface area (Å²) in [5.41, 5.74) is 0.699. The molecule has 0 aliphatic rings. The highest BCUT2D eigenvalue weighted by molar-refractivity contribution is 7.90. The topological polar surface area (TPSA) is 113 Å². The number of rotatable bonds is 7. The molecule has 0 aliphatic carbocycles. The predicted octanol–water partition coefficient (Wildman–Crippen LogP) is -0.372. The second kappa shape index (κ2) is 6.99. The average Bonchev–Trinajstić information content (AvgIpc) is 2.34. The molecular weight excluding hydrogens is 284 g/mol. The summed E-state index contributed by atoms with van der Waals surface area (Å²) in [4.78, 5) is 26.5. The van der Waals surface area contributed by atoms with Crippen molar-refractivity contribution in [3.8, 4) is 0 Å². The standard InChI is InChI=1S/C12H16N2O5S/c1-20(18,19)7-4-10(12(16)17)14-11(15)8-9-2-5-13-6-3-9/h2-3,5-6,10H,4,7-8H2,1H3,(H,14,15)(H,16,17). The number of hydrogen-bond acceptors (Lipinski definition) is 5. The lowest BCUT2D eigenvalue weighted by Gasteiger charge is -2.14. The van der Waals surface area contributed by atoms with Crippen molar-refractivity contribution >= 4 is 21.7 Å². The maximum absolute atomic E-state index is 11.7. The van der Waals surface area contributed by atoms with Crippen LogP contribution in [0.25, 0.3) is 0 Å². The molecule has 0 fully saturated rings. The SMILES string of the molecule is CS(=O)(=O)CCC(NC(=O)Cc1ccncc1)C(=O)O. The molecule has 1 amide bonds. The summed E-state index contributed by atoms with van der Waals surface area (Å²) >= 11 is 0. The maximum atomic E-state index is 11.7. The molecule has 0 spiro atoms. The number of carbonyl (C=O) groups excluding carboxylic acids is 1. The Morgan fingerprint density at radius 3 is 2.45 bits per heavy atom. The van der Waals surface area contributed by atoms with Crippen molar-refractivity contribution in [3.63, 3.8) is 0 Å². The van der Waals surface area contributed by atoms with Crippen molar-refractivity contribution in [2.24, 2.45) is 0 Å². The molecule has 2 N–H and O–H groups in total. The van der Waals surface area contributed by atoms with E-state index in [0.29, 0.717) is 5.56 Å². The zero-order valence-electron chi connectivity index (χ0n) is 10.9. The van der Waals surface area contributed by atoms with Crippen LogP contribution in [-0.4, -0.2) is 48.4 Å². The van der Waals surface area contributed by atoms with E-state index in [-0.39, 0.29) is 18.6 Å². The molecule has 1 aromatic rings. The van der Waals surface area contributed by atoms with Crippen LogP contribution in [0.3, 0.4) is 0 Å². The third kappa shape index (κ3) is 6.28.